The summed E-state index contributed by atoms with van der Waals surface area (Å²) in [6.07, 6.45) is 0.958. The predicted octanol–water partition coefficient (Wildman–Crippen LogP) is 5.13. The summed E-state index contributed by atoms with van der Waals surface area (Å²) >= 11 is 6.77. The van der Waals surface area contributed by atoms with Crippen molar-refractivity contribution in [1.29, 1.82) is 0 Å². The second-order valence-corrected chi connectivity index (χ2v) is 7.93. The molecule has 0 amide bonds. The number of rotatable bonds is 4. The topological polar surface area (TPSA) is 50.2 Å². The molecule has 0 bridgehead atoms. The van der Waals surface area contributed by atoms with Crippen molar-refractivity contribution in [2.24, 2.45) is 5.92 Å². The van der Waals surface area contributed by atoms with Gasteiger partial charge in [0.25, 0.3) is 0 Å². The summed E-state index contributed by atoms with van der Waals surface area (Å²) in [6.45, 7) is 3.07. The highest BCUT2D eigenvalue weighted by atomic mass is 35.5. The van der Waals surface area contributed by atoms with Crippen LogP contribution in [0.5, 0.6) is 0 Å². The molecule has 0 saturated heterocycles. The number of allylic oxidation sites excluding steroid dienone is 4. The number of hydrogen-bond donors (Lipinski definition) is 1. The fourth-order valence-electron chi connectivity index (χ4n) is 2.18. The zero-order valence-corrected chi connectivity index (χ0v) is 14.5. The van der Waals surface area contributed by atoms with E-state index < -0.39 is 22.8 Å². The maximum Gasteiger partial charge on any atom is 0.396 e. The van der Waals surface area contributed by atoms with Crippen molar-refractivity contribution in [2.75, 3.05) is 0 Å². The zero-order valence-electron chi connectivity index (χ0n) is 12.9. The van der Waals surface area contributed by atoms with Gasteiger partial charge >= 0.3 is 12.1 Å². The van der Waals surface area contributed by atoms with E-state index in [1.54, 1.807) is 6.07 Å². The van der Waals surface area contributed by atoms with E-state index in [0.29, 0.717) is 16.0 Å². The van der Waals surface area contributed by atoms with Gasteiger partial charge in [-0.3, -0.25) is 9.78 Å². The van der Waals surface area contributed by atoms with Crippen molar-refractivity contribution >= 4 is 34.9 Å². The first-order valence-electron chi connectivity index (χ1n) is 7.02. The fourth-order valence-corrected chi connectivity index (χ4v) is 3.51. The summed E-state index contributed by atoms with van der Waals surface area (Å²) in [5, 5.41) is 9.01. The lowest BCUT2D eigenvalue weighted by Gasteiger charge is -2.26. The highest BCUT2D eigenvalue weighted by molar-refractivity contribution is 8.01. The minimum atomic E-state index is -4.44. The van der Waals surface area contributed by atoms with Gasteiger partial charge in [0.05, 0.1) is 5.92 Å². The second kappa shape index (κ2) is 6.80. The standard InChI is InChI=1S/C16H15ClF3NO2S/c1-15(2,14(22)23)24-13-5-6-21-8-10(13)9-3-4-12(17)11(7-9)16(18,19)20/h3-6,8,11H,7H2,1-2H3,(H,22,23). The average molecular weight is 378 g/mol. The van der Waals surface area contributed by atoms with Crippen LogP contribution < -0.4 is 0 Å². The molecule has 0 aromatic carbocycles. The van der Waals surface area contributed by atoms with Gasteiger partial charge in [0.1, 0.15) is 4.75 Å². The molecule has 8 heteroatoms. The Labute approximate surface area is 146 Å². The quantitative estimate of drug-likeness (QED) is 0.739. The second-order valence-electron chi connectivity index (χ2n) is 5.83. The third kappa shape index (κ3) is 4.13. The van der Waals surface area contributed by atoms with Gasteiger partial charge in [0.2, 0.25) is 0 Å². The molecule has 24 heavy (non-hydrogen) atoms. The van der Waals surface area contributed by atoms with E-state index >= 15 is 0 Å². The first-order chi connectivity index (χ1) is 11.0. The van der Waals surface area contributed by atoms with E-state index in [0.717, 1.165) is 11.8 Å². The molecule has 1 aromatic heterocycles. The van der Waals surface area contributed by atoms with E-state index in [4.69, 9.17) is 11.6 Å². The van der Waals surface area contributed by atoms with Crippen LogP contribution in [0.2, 0.25) is 0 Å². The Hall–Kier alpha value is -1.47. The molecule has 1 N–H and O–H groups in total. The summed E-state index contributed by atoms with van der Waals surface area (Å²) < 4.78 is 38.2. The zero-order chi connectivity index (χ0) is 18.1. The van der Waals surface area contributed by atoms with E-state index in [-0.39, 0.29) is 11.5 Å². The smallest absolute Gasteiger partial charge is 0.396 e. The number of hydrogen-bond acceptors (Lipinski definition) is 3. The lowest BCUT2D eigenvalue weighted by molar-refractivity contribution is -0.161. The van der Waals surface area contributed by atoms with E-state index in [2.05, 4.69) is 4.98 Å². The Morgan fingerprint density at radius 1 is 1.38 bits per heavy atom. The van der Waals surface area contributed by atoms with Crippen LogP contribution in [0.3, 0.4) is 0 Å². The van der Waals surface area contributed by atoms with Crippen molar-refractivity contribution in [1.82, 2.24) is 4.98 Å². The number of aliphatic carboxylic acids is 1. The first-order valence-corrected chi connectivity index (χ1v) is 8.21. The molecular weight excluding hydrogens is 363 g/mol. The number of aromatic nitrogens is 1. The Balaban J connectivity index is 2.39. The average Bonchev–Trinajstić information content (AvgIpc) is 2.47. The lowest BCUT2D eigenvalue weighted by Crippen LogP contribution is -2.27. The molecule has 3 nitrogen and oxygen atoms in total. The lowest BCUT2D eigenvalue weighted by atomic mass is 9.90. The van der Waals surface area contributed by atoms with Crippen LogP contribution in [0.4, 0.5) is 13.2 Å². The monoisotopic (exact) mass is 377 g/mol. The maximum atomic E-state index is 13.1. The number of halogens is 4. The van der Waals surface area contributed by atoms with Gasteiger partial charge in [-0.2, -0.15) is 13.2 Å². The SMILES string of the molecule is CC(C)(Sc1ccncc1C1=CC=C(Cl)C(C(F)(F)F)C1)C(=O)O. The third-order valence-corrected chi connectivity index (χ3v) is 5.25. The van der Waals surface area contributed by atoms with Crippen molar-refractivity contribution in [3.63, 3.8) is 0 Å². The Morgan fingerprint density at radius 3 is 2.62 bits per heavy atom. The molecule has 1 aliphatic carbocycles. The van der Waals surface area contributed by atoms with Gasteiger partial charge in [-0.15, -0.1) is 11.8 Å². The number of nitrogens with zero attached hydrogens (tertiary/aromatic N) is 1. The van der Waals surface area contributed by atoms with E-state index in [1.807, 2.05) is 0 Å². The van der Waals surface area contributed by atoms with Crippen molar-refractivity contribution in [3.05, 3.63) is 41.2 Å². The number of carbonyl (C=O) groups is 1. The number of pyridine rings is 1. The minimum Gasteiger partial charge on any atom is -0.480 e. The molecule has 0 fully saturated rings. The van der Waals surface area contributed by atoms with E-state index in [1.165, 1.54) is 38.4 Å². The molecule has 0 aliphatic heterocycles. The van der Waals surface area contributed by atoms with E-state index in [9.17, 15) is 23.1 Å². The van der Waals surface area contributed by atoms with Crippen molar-refractivity contribution in [3.8, 4) is 0 Å². The van der Waals surface area contributed by atoms with Gasteiger partial charge in [0.15, 0.2) is 0 Å². The number of alkyl halides is 3. The van der Waals surface area contributed by atoms with Gasteiger partial charge < -0.3 is 5.11 Å². The van der Waals surface area contributed by atoms with Gasteiger partial charge in [-0.25, -0.2) is 0 Å². The number of carboxylic acid groups (broad SMARTS) is 1. The van der Waals surface area contributed by atoms with Crippen LogP contribution in [0, 0.1) is 5.92 Å². The van der Waals surface area contributed by atoms with Gasteiger partial charge in [0, 0.05) is 27.9 Å². The molecule has 1 aromatic rings. The molecule has 1 unspecified atom stereocenters. The summed E-state index contributed by atoms with van der Waals surface area (Å²) in [5.41, 5.74) is 0.921. The highest BCUT2D eigenvalue weighted by Gasteiger charge is 2.43. The fraction of sp³-hybridized carbons (Fsp3) is 0.375. The normalized spacial score (nSPS) is 18.8. The van der Waals surface area contributed by atoms with Crippen molar-refractivity contribution < 1.29 is 23.1 Å². The van der Waals surface area contributed by atoms with Crippen LogP contribution >= 0.6 is 23.4 Å². The molecule has 130 valence electrons. The molecule has 1 atom stereocenters. The molecule has 2 rings (SSSR count). The first kappa shape index (κ1) is 18.9. The summed E-state index contributed by atoms with van der Waals surface area (Å²) in [4.78, 5) is 15.8. The van der Waals surface area contributed by atoms with Crippen LogP contribution in [0.1, 0.15) is 25.8 Å². The summed E-state index contributed by atoms with van der Waals surface area (Å²) in [6, 6.07) is 1.61. The third-order valence-electron chi connectivity index (χ3n) is 3.60. The van der Waals surface area contributed by atoms with Crippen LogP contribution in [0.25, 0.3) is 5.57 Å². The molecule has 0 radical (unpaired) electrons. The summed E-state index contributed by atoms with van der Waals surface area (Å²) in [7, 11) is 0. The molecule has 0 spiro atoms. The number of thioether (sulfide) groups is 1. The van der Waals surface area contributed by atoms with Gasteiger partial charge in [-0.1, -0.05) is 17.7 Å². The molecule has 1 aliphatic rings. The van der Waals surface area contributed by atoms with Crippen molar-refractivity contribution in [2.45, 2.75) is 36.1 Å². The minimum absolute atomic E-state index is 0.254. The Kier molecular flexibility index (Phi) is 5.34. The number of carboxylic acids is 1. The molecule has 1 heterocycles. The van der Waals surface area contributed by atoms with Crippen LogP contribution in [-0.2, 0) is 4.79 Å². The Morgan fingerprint density at radius 2 is 2.04 bits per heavy atom. The Bertz CT molecular complexity index is 714. The largest absolute Gasteiger partial charge is 0.480 e. The highest BCUT2D eigenvalue weighted by Crippen LogP contribution is 2.45. The molecular formula is C16H15ClF3NO2S. The summed E-state index contributed by atoms with van der Waals surface area (Å²) in [5.74, 6) is -2.77. The van der Waals surface area contributed by atoms with Crippen LogP contribution in [-0.4, -0.2) is 27.0 Å². The molecule has 0 saturated carbocycles. The maximum absolute atomic E-state index is 13.1. The predicted molar refractivity (Wildman–Crippen MR) is 87.9 cm³/mol. The van der Waals surface area contributed by atoms with Crippen LogP contribution in [0.15, 0.2) is 40.5 Å². The van der Waals surface area contributed by atoms with Gasteiger partial charge in [-0.05, 0) is 38.0 Å².